The lowest BCUT2D eigenvalue weighted by atomic mass is 9.81. The molecule has 1 aromatic heterocycles. The van der Waals surface area contributed by atoms with Crippen LogP contribution in [0.3, 0.4) is 0 Å². The molecule has 4 aromatic rings. The van der Waals surface area contributed by atoms with E-state index in [9.17, 15) is 26.0 Å². The van der Waals surface area contributed by atoms with Crippen molar-refractivity contribution in [3.05, 3.63) is 94.5 Å². The molecule has 3 aromatic carbocycles. The molecule has 17 heteroatoms. The molecule has 0 atom stereocenters. The number of ether oxygens (including phenoxy) is 1. The summed E-state index contributed by atoms with van der Waals surface area (Å²) in [5.41, 5.74) is 4.50. The number of nitrogens with one attached hydrogen (secondary N) is 3. The quantitative estimate of drug-likeness (QED) is 0.166. The molecular formula is C32H36ClFN6O6S3. The first-order valence-electron chi connectivity index (χ1n) is 15.1. The van der Waals surface area contributed by atoms with E-state index in [1.54, 1.807) is 41.5 Å². The Labute approximate surface area is 294 Å². The minimum absolute atomic E-state index is 0.00263. The van der Waals surface area contributed by atoms with Gasteiger partial charge in [0.05, 0.1) is 23.9 Å². The summed E-state index contributed by atoms with van der Waals surface area (Å²) in [6.07, 6.45) is 3.53. The lowest BCUT2D eigenvalue weighted by molar-refractivity contribution is 0.202. The number of thioether (sulfide) groups is 1. The highest BCUT2D eigenvalue weighted by Gasteiger charge is 2.32. The van der Waals surface area contributed by atoms with Crippen molar-refractivity contribution in [1.29, 1.82) is 0 Å². The highest BCUT2D eigenvalue weighted by atomic mass is 35.5. The molecule has 1 aliphatic rings. The van der Waals surface area contributed by atoms with E-state index >= 15 is 0 Å². The van der Waals surface area contributed by atoms with Gasteiger partial charge >= 0.3 is 6.03 Å². The van der Waals surface area contributed by atoms with Crippen LogP contribution in [0, 0.1) is 5.82 Å². The number of amides is 2. The molecule has 0 spiro atoms. The van der Waals surface area contributed by atoms with Gasteiger partial charge in [0, 0.05) is 35.0 Å². The summed E-state index contributed by atoms with van der Waals surface area (Å²) >= 11 is 7.88. The molecule has 3 N–H and O–H groups in total. The molecule has 1 aliphatic heterocycles. The van der Waals surface area contributed by atoms with Crippen molar-refractivity contribution < 1.29 is 30.8 Å². The van der Waals surface area contributed by atoms with Gasteiger partial charge in [0.1, 0.15) is 16.5 Å². The lowest BCUT2D eigenvalue weighted by Crippen LogP contribution is -2.47. The van der Waals surface area contributed by atoms with Crippen molar-refractivity contribution in [3.8, 4) is 11.4 Å². The van der Waals surface area contributed by atoms with Crippen molar-refractivity contribution in [2.45, 2.75) is 52.8 Å². The summed E-state index contributed by atoms with van der Waals surface area (Å²) in [6.45, 7) is 5.20. The molecule has 1 fully saturated rings. The summed E-state index contributed by atoms with van der Waals surface area (Å²) in [4.78, 5) is 16.8. The second-order valence-corrected chi connectivity index (χ2v) is 16.6. The van der Waals surface area contributed by atoms with Crippen LogP contribution in [0.15, 0.2) is 81.8 Å². The third-order valence-corrected chi connectivity index (χ3v) is 12.3. The number of nitrogens with zero attached hydrogens (tertiary/aromatic N) is 3. The number of imidazole rings is 1. The number of rotatable bonds is 12. The predicted octanol–water partition coefficient (Wildman–Crippen LogP) is 5.20. The van der Waals surface area contributed by atoms with Crippen molar-refractivity contribution in [2.75, 3.05) is 27.2 Å². The molecule has 0 radical (unpaired) electrons. The van der Waals surface area contributed by atoms with Crippen LogP contribution in [0.2, 0.25) is 5.02 Å². The molecule has 5 rings (SSSR count). The topological polar surface area (TPSA) is 152 Å². The summed E-state index contributed by atoms with van der Waals surface area (Å²) in [7, 11) is -5.24. The largest absolute Gasteiger partial charge is 0.495 e. The normalized spacial score (nSPS) is 14.2. The molecule has 1 saturated heterocycles. The van der Waals surface area contributed by atoms with Gasteiger partial charge < -0.3 is 4.74 Å². The lowest BCUT2D eigenvalue weighted by Gasteiger charge is -2.28. The van der Waals surface area contributed by atoms with Gasteiger partial charge in [-0.3, -0.25) is 9.99 Å². The molecule has 0 saturated carbocycles. The van der Waals surface area contributed by atoms with E-state index in [2.05, 4.69) is 10.1 Å². The van der Waals surface area contributed by atoms with E-state index in [1.165, 1.54) is 56.3 Å². The second-order valence-electron chi connectivity index (χ2n) is 11.7. The molecule has 262 valence electrons. The van der Waals surface area contributed by atoms with Gasteiger partial charge in [-0.1, -0.05) is 49.3 Å². The fraction of sp³-hybridized carbons (Fsp3) is 0.312. The maximum atomic E-state index is 14.0. The third-order valence-electron chi connectivity index (χ3n) is 8.18. The Morgan fingerprint density at radius 2 is 1.71 bits per heavy atom. The van der Waals surface area contributed by atoms with Crippen molar-refractivity contribution in [2.24, 2.45) is 0 Å². The first-order chi connectivity index (χ1) is 23.2. The maximum Gasteiger partial charge on any atom is 0.343 e. The van der Waals surface area contributed by atoms with Crippen LogP contribution in [0.4, 0.5) is 9.18 Å². The molecule has 49 heavy (non-hydrogen) atoms. The Morgan fingerprint density at radius 3 is 2.35 bits per heavy atom. The number of halogens is 2. The van der Waals surface area contributed by atoms with E-state index in [1.807, 2.05) is 23.1 Å². The molecule has 2 heterocycles. The Kier molecular flexibility index (Phi) is 11.0. The van der Waals surface area contributed by atoms with E-state index in [0.29, 0.717) is 35.2 Å². The molecule has 0 unspecified atom stereocenters. The van der Waals surface area contributed by atoms with Crippen LogP contribution in [0.5, 0.6) is 5.75 Å². The first-order valence-corrected chi connectivity index (χ1v) is 19.4. The van der Waals surface area contributed by atoms with E-state index in [-0.39, 0.29) is 20.6 Å². The number of benzene rings is 3. The zero-order chi connectivity index (χ0) is 35.6. The standard InChI is InChI=1S/C32H36ClFN6O6S3/c1-32(2,22-8-14-28(27(17-22)46-4)49(44,45)35-3)29-19-36-31(40(29)24-11-9-23(34)10-12-24)47-20-21-7-13-25(18-26(21)33)48(42,43)38-30(41)37-39-15-5-6-16-39/h7-14,17-19,35H,5-6,15-16,20H2,1-4H3,(H2,37,38,41). The van der Waals surface area contributed by atoms with Gasteiger partial charge in [-0.25, -0.2) is 45.5 Å². The van der Waals surface area contributed by atoms with Gasteiger partial charge in [0.25, 0.3) is 10.0 Å². The summed E-state index contributed by atoms with van der Waals surface area (Å²) < 4.78 is 76.5. The molecule has 12 nitrogen and oxygen atoms in total. The summed E-state index contributed by atoms with van der Waals surface area (Å²) in [5.74, 6) is 0.0597. The maximum absolute atomic E-state index is 14.0. The number of hydrogen-bond acceptors (Lipinski definition) is 9. The molecular weight excluding hydrogens is 715 g/mol. The van der Waals surface area contributed by atoms with E-state index < -0.39 is 37.3 Å². The van der Waals surface area contributed by atoms with Crippen molar-refractivity contribution in [3.63, 3.8) is 0 Å². The highest BCUT2D eigenvalue weighted by Crippen LogP contribution is 2.39. The minimum Gasteiger partial charge on any atom is -0.495 e. The van der Waals surface area contributed by atoms with Gasteiger partial charge in [-0.2, -0.15) is 0 Å². The monoisotopic (exact) mass is 750 g/mol. The van der Waals surface area contributed by atoms with E-state index in [0.717, 1.165) is 24.1 Å². The van der Waals surface area contributed by atoms with Gasteiger partial charge in [0.15, 0.2) is 5.16 Å². The van der Waals surface area contributed by atoms with Crippen LogP contribution in [0.25, 0.3) is 5.69 Å². The number of sulfonamides is 2. The fourth-order valence-electron chi connectivity index (χ4n) is 5.38. The second kappa shape index (κ2) is 14.7. The average Bonchev–Trinajstić information content (AvgIpc) is 3.74. The molecule has 0 bridgehead atoms. The highest BCUT2D eigenvalue weighted by molar-refractivity contribution is 7.98. The van der Waals surface area contributed by atoms with Crippen LogP contribution in [0.1, 0.15) is 43.5 Å². The average molecular weight is 751 g/mol. The van der Waals surface area contributed by atoms with Crippen molar-refractivity contribution >= 4 is 49.4 Å². The molecule has 0 aliphatic carbocycles. The Bertz CT molecular complexity index is 2070. The van der Waals surface area contributed by atoms with Gasteiger partial charge in [0.2, 0.25) is 10.0 Å². The zero-order valence-electron chi connectivity index (χ0n) is 27.2. The third kappa shape index (κ3) is 8.05. The summed E-state index contributed by atoms with van der Waals surface area (Å²) in [5, 5.41) is 2.38. The van der Waals surface area contributed by atoms with Crippen LogP contribution < -0.4 is 19.6 Å². The van der Waals surface area contributed by atoms with Gasteiger partial charge in [-0.05, 0) is 79.5 Å². The fourth-order valence-corrected chi connectivity index (χ4v) is 8.57. The van der Waals surface area contributed by atoms with Crippen LogP contribution >= 0.6 is 23.4 Å². The number of carbonyl (C=O) groups is 1. The van der Waals surface area contributed by atoms with Crippen LogP contribution in [-0.2, 0) is 31.2 Å². The zero-order valence-corrected chi connectivity index (χ0v) is 30.4. The predicted molar refractivity (Wildman–Crippen MR) is 186 cm³/mol. The summed E-state index contributed by atoms with van der Waals surface area (Å²) in [6, 6.07) is 14.2. The smallest absolute Gasteiger partial charge is 0.343 e. The number of methoxy groups -OCH3 is 1. The first kappa shape index (κ1) is 36.6. The number of aromatic nitrogens is 2. The number of carbonyl (C=O) groups excluding carboxylic acids is 1. The SMILES string of the molecule is CNS(=O)(=O)c1ccc(C(C)(C)c2cnc(SCc3ccc(S(=O)(=O)NC(=O)NN4CCCC4)cc3Cl)n2-c2ccc(F)cc2)cc1OC. The molecule has 2 amide bonds. The van der Waals surface area contributed by atoms with Gasteiger partial charge in [-0.15, -0.1) is 0 Å². The minimum atomic E-state index is -4.18. The Balaban J connectivity index is 1.42. The van der Waals surface area contributed by atoms with Crippen molar-refractivity contribution in [1.82, 2.24) is 29.4 Å². The van der Waals surface area contributed by atoms with Crippen LogP contribution in [-0.4, -0.2) is 64.7 Å². The number of hydrogen-bond donors (Lipinski definition) is 3. The Morgan fingerprint density at radius 1 is 1.02 bits per heavy atom. The number of urea groups is 1. The Hall–Kier alpha value is -3.67. The number of hydrazine groups is 1. The van der Waals surface area contributed by atoms with E-state index in [4.69, 9.17) is 21.3 Å².